The minimum Gasteiger partial charge on any atom is -0.384 e. The molecule has 0 bridgehead atoms. The highest BCUT2D eigenvalue weighted by atomic mass is 32.2. The SMILES string of the molecule is CCCCCN(C)c1cccc(SCC)c1C(=N)N. The van der Waals surface area contributed by atoms with E-state index in [1.807, 2.05) is 6.07 Å². The molecule has 0 atom stereocenters. The second-order valence-corrected chi connectivity index (χ2v) is 5.93. The summed E-state index contributed by atoms with van der Waals surface area (Å²) in [6, 6.07) is 6.16. The van der Waals surface area contributed by atoms with E-state index in [-0.39, 0.29) is 5.84 Å². The minimum absolute atomic E-state index is 0.161. The number of thioether (sulfide) groups is 1. The van der Waals surface area contributed by atoms with Gasteiger partial charge in [0.15, 0.2) is 0 Å². The Hall–Kier alpha value is -1.16. The molecule has 1 aromatic carbocycles. The van der Waals surface area contributed by atoms with Gasteiger partial charge in [-0.15, -0.1) is 11.8 Å². The first-order valence-electron chi connectivity index (χ1n) is 6.93. The minimum atomic E-state index is 0.161. The van der Waals surface area contributed by atoms with Gasteiger partial charge in [0.25, 0.3) is 0 Å². The fourth-order valence-electron chi connectivity index (χ4n) is 2.10. The van der Waals surface area contributed by atoms with E-state index in [1.165, 1.54) is 19.3 Å². The van der Waals surface area contributed by atoms with Crippen molar-refractivity contribution in [3.8, 4) is 0 Å². The van der Waals surface area contributed by atoms with Crippen molar-refractivity contribution < 1.29 is 0 Å². The normalized spacial score (nSPS) is 10.5. The molecular weight excluding hydrogens is 254 g/mol. The van der Waals surface area contributed by atoms with Crippen LogP contribution >= 0.6 is 11.8 Å². The lowest BCUT2D eigenvalue weighted by Gasteiger charge is -2.23. The summed E-state index contributed by atoms with van der Waals surface area (Å²) in [6.07, 6.45) is 3.64. The second-order valence-electron chi connectivity index (χ2n) is 4.63. The summed E-state index contributed by atoms with van der Waals surface area (Å²) >= 11 is 1.74. The van der Waals surface area contributed by atoms with Gasteiger partial charge in [-0.05, 0) is 24.3 Å². The van der Waals surface area contributed by atoms with Gasteiger partial charge in [0.2, 0.25) is 0 Å². The summed E-state index contributed by atoms with van der Waals surface area (Å²) < 4.78 is 0. The van der Waals surface area contributed by atoms with Crippen molar-refractivity contribution in [2.45, 2.75) is 38.0 Å². The van der Waals surface area contributed by atoms with Crippen LogP contribution in [-0.2, 0) is 0 Å². The number of rotatable bonds is 8. The average molecular weight is 279 g/mol. The predicted molar refractivity (Wildman–Crippen MR) is 86.7 cm³/mol. The molecule has 0 spiro atoms. The molecule has 0 aromatic heterocycles. The first-order valence-corrected chi connectivity index (χ1v) is 7.91. The first kappa shape index (κ1) is 15.9. The molecule has 19 heavy (non-hydrogen) atoms. The molecule has 0 heterocycles. The third-order valence-corrected chi connectivity index (χ3v) is 4.02. The van der Waals surface area contributed by atoms with Crippen molar-refractivity contribution in [1.82, 2.24) is 0 Å². The van der Waals surface area contributed by atoms with E-state index in [0.717, 1.165) is 28.4 Å². The van der Waals surface area contributed by atoms with Crippen molar-refractivity contribution in [2.24, 2.45) is 5.73 Å². The Kier molecular flexibility index (Phi) is 6.78. The lowest BCUT2D eigenvalue weighted by molar-refractivity contribution is 0.704. The number of nitrogen functional groups attached to an aromatic ring is 1. The van der Waals surface area contributed by atoms with Crippen LogP contribution in [0.4, 0.5) is 5.69 Å². The molecule has 3 N–H and O–H groups in total. The molecule has 0 saturated carbocycles. The molecule has 0 aliphatic rings. The molecule has 3 nitrogen and oxygen atoms in total. The lowest BCUT2D eigenvalue weighted by atomic mass is 10.1. The highest BCUT2D eigenvalue weighted by molar-refractivity contribution is 7.99. The third-order valence-electron chi connectivity index (χ3n) is 3.08. The maximum Gasteiger partial charge on any atom is 0.126 e. The van der Waals surface area contributed by atoms with Crippen molar-refractivity contribution in [3.05, 3.63) is 23.8 Å². The third kappa shape index (κ3) is 4.46. The van der Waals surface area contributed by atoms with Gasteiger partial charge in [-0.25, -0.2) is 0 Å². The van der Waals surface area contributed by atoms with Gasteiger partial charge < -0.3 is 10.6 Å². The second kappa shape index (κ2) is 8.10. The fraction of sp³-hybridized carbons (Fsp3) is 0.533. The van der Waals surface area contributed by atoms with E-state index in [1.54, 1.807) is 11.8 Å². The molecule has 1 rings (SSSR count). The molecule has 4 heteroatoms. The molecule has 0 radical (unpaired) electrons. The lowest BCUT2D eigenvalue weighted by Crippen LogP contribution is -2.24. The summed E-state index contributed by atoms with van der Waals surface area (Å²) in [5, 5.41) is 7.84. The van der Waals surface area contributed by atoms with E-state index < -0.39 is 0 Å². The number of benzene rings is 1. The largest absolute Gasteiger partial charge is 0.384 e. The van der Waals surface area contributed by atoms with Crippen LogP contribution in [0, 0.1) is 5.41 Å². The van der Waals surface area contributed by atoms with Crippen molar-refractivity contribution in [1.29, 1.82) is 5.41 Å². The summed E-state index contributed by atoms with van der Waals surface area (Å²) in [5.74, 6) is 1.15. The van der Waals surface area contributed by atoms with Crippen LogP contribution in [0.2, 0.25) is 0 Å². The van der Waals surface area contributed by atoms with E-state index in [9.17, 15) is 0 Å². The summed E-state index contributed by atoms with van der Waals surface area (Å²) in [5.41, 5.74) is 7.74. The Bertz CT molecular complexity index is 418. The van der Waals surface area contributed by atoms with Crippen molar-refractivity contribution in [2.75, 3.05) is 24.2 Å². The molecule has 0 saturated heterocycles. The fourth-order valence-corrected chi connectivity index (χ4v) is 2.95. The monoisotopic (exact) mass is 279 g/mol. The number of amidine groups is 1. The molecule has 0 amide bonds. The van der Waals surface area contributed by atoms with Crippen molar-refractivity contribution in [3.63, 3.8) is 0 Å². The van der Waals surface area contributed by atoms with Gasteiger partial charge in [0.1, 0.15) is 5.84 Å². The van der Waals surface area contributed by atoms with E-state index in [2.05, 4.69) is 37.9 Å². The van der Waals surface area contributed by atoms with Gasteiger partial charge in [-0.1, -0.05) is 32.8 Å². The molecule has 106 valence electrons. The van der Waals surface area contributed by atoms with Gasteiger partial charge in [-0.2, -0.15) is 0 Å². The van der Waals surface area contributed by atoms with Crippen LogP contribution in [0.3, 0.4) is 0 Å². The van der Waals surface area contributed by atoms with Crippen LogP contribution in [0.5, 0.6) is 0 Å². The molecule has 0 unspecified atom stereocenters. The van der Waals surface area contributed by atoms with Crippen LogP contribution in [0.25, 0.3) is 0 Å². The Morgan fingerprint density at radius 1 is 1.32 bits per heavy atom. The first-order chi connectivity index (χ1) is 9.11. The summed E-state index contributed by atoms with van der Waals surface area (Å²) in [4.78, 5) is 3.32. The van der Waals surface area contributed by atoms with Gasteiger partial charge >= 0.3 is 0 Å². The number of hydrogen-bond acceptors (Lipinski definition) is 3. The topological polar surface area (TPSA) is 53.1 Å². The zero-order valence-corrected chi connectivity index (χ0v) is 13.0. The van der Waals surface area contributed by atoms with Crippen LogP contribution in [0.15, 0.2) is 23.1 Å². The van der Waals surface area contributed by atoms with Crippen molar-refractivity contribution >= 4 is 23.3 Å². The Labute approximate surface area is 121 Å². The smallest absolute Gasteiger partial charge is 0.126 e. The van der Waals surface area contributed by atoms with Gasteiger partial charge in [0.05, 0.1) is 5.56 Å². The van der Waals surface area contributed by atoms with Crippen LogP contribution in [-0.4, -0.2) is 25.2 Å². The summed E-state index contributed by atoms with van der Waals surface area (Å²) in [7, 11) is 2.08. The molecule has 0 fully saturated rings. The molecule has 0 aliphatic carbocycles. The van der Waals surface area contributed by atoms with Crippen LogP contribution < -0.4 is 10.6 Å². The zero-order chi connectivity index (χ0) is 14.3. The average Bonchev–Trinajstić information content (AvgIpc) is 2.38. The van der Waals surface area contributed by atoms with Crippen LogP contribution in [0.1, 0.15) is 38.7 Å². The molecule has 1 aromatic rings. The predicted octanol–water partition coefficient (Wildman–Crippen LogP) is 3.71. The Morgan fingerprint density at radius 3 is 2.63 bits per heavy atom. The number of nitrogens with two attached hydrogens (primary N) is 1. The maximum atomic E-state index is 7.84. The van der Waals surface area contributed by atoms with E-state index in [4.69, 9.17) is 11.1 Å². The highest BCUT2D eigenvalue weighted by Gasteiger charge is 2.14. The Balaban J connectivity index is 2.98. The Morgan fingerprint density at radius 2 is 2.05 bits per heavy atom. The van der Waals surface area contributed by atoms with Gasteiger partial charge in [-0.3, -0.25) is 5.41 Å². The quantitative estimate of drug-likeness (QED) is 0.330. The molecular formula is C15H25N3S. The molecule has 0 aliphatic heterocycles. The number of unbranched alkanes of at least 4 members (excludes halogenated alkanes) is 2. The zero-order valence-electron chi connectivity index (χ0n) is 12.2. The summed E-state index contributed by atoms with van der Waals surface area (Å²) in [6.45, 7) is 5.33. The number of hydrogen-bond donors (Lipinski definition) is 2. The van der Waals surface area contributed by atoms with Gasteiger partial charge in [0, 0.05) is 24.2 Å². The maximum absolute atomic E-state index is 7.84. The number of nitrogens with zero attached hydrogens (tertiary/aromatic N) is 1. The standard InChI is InChI=1S/C15H25N3S/c1-4-6-7-11-18(3)12-9-8-10-13(19-5-2)14(12)15(16)17/h8-10H,4-7,11H2,1-3H3,(H3,16,17). The number of nitrogens with one attached hydrogen (secondary N) is 1. The van der Waals surface area contributed by atoms with E-state index >= 15 is 0 Å². The number of anilines is 1. The highest BCUT2D eigenvalue weighted by Crippen LogP contribution is 2.30. The van der Waals surface area contributed by atoms with E-state index in [0.29, 0.717) is 0 Å².